The zero-order valence-electron chi connectivity index (χ0n) is 8.85. The summed E-state index contributed by atoms with van der Waals surface area (Å²) in [6.45, 7) is 3.62. The smallest absolute Gasteiger partial charge is 0.408 e. The van der Waals surface area contributed by atoms with E-state index in [0.717, 1.165) is 4.90 Å². The van der Waals surface area contributed by atoms with Crippen molar-refractivity contribution >= 4 is 12.1 Å². The van der Waals surface area contributed by atoms with Gasteiger partial charge in [0, 0.05) is 13.2 Å². The van der Waals surface area contributed by atoms with Gasteiger partial charge in [0.05, 0.1) is 0 Å². The lowest BCUT2D eigenvalue weighted by atomic mass is 9.87. The third-order valence-corrected chi connectivity index (χ3v) is 2.96. The van der Waals surface area contributed by atoms with Crippen molar-refractivity contribution in [3.63, 3.8) is 0 Å². The van der Waals surface area contributed by atoms with Gasteiger partial charge < -0.3 is 15.3 Å². The molecule has 0 spiro atoms. The monoisotopic (exact) mass is 229 g/mol. The third kappa shape index (κ3) is 1.76. The molecule has 0 aromatic carbocycles. The fourth-order valence-electron chi connectivity index (χ4n) is 2.11. The van der Waals surface area contributed by atoms with Crippen LogP contribution in [0.25, 0.3) is 0 Å². The molecule has 0 saturated carbocycles. The summed E-state index contributed by atoms with van der Waals surface area (Å²) in [5, 5.41) is 27.0. The number of aliphatic carboxylic acids is 1. The second-order valence-corrected chi connectivity index (χ2v) is 3.78. The zero-order valence-corrected chi connectivity index (χ0v) is 8.85. The lowest BCUT2D eigenvalue weighted by molar-refractivity contribution is -0.147. The van der Waals surface area contributed by atoms with Crippen LogP contribution in [0.2, 0.25) is 0 Å². The number of rotatable bonds is 4. The molecule has 3 N–H and O–H groups in total. The first-order valence-electron chi connectivity index (χ1n) is 5.00. The average Bonchev–Trinajstić information content (AvgIpc) is 2.54. The molecule has 1 amide bonds. The summed E-state index contributed by atoms with van der Waals surface area (Å²) < 4.78 is 0. The number of likely N-dealkylation sites (tertiary alicyclic amines) is 1. The minimum absolute atomic E-state index is 0.0595. The predicted molar refractivity (Wildman–Crippen MR) is 55.2 cm³/mol. The van der Waals surface area contributed by atoms with E-state index in [1.165, 1.54) is 0 Å². The van der Waals surface area contributed by atoms with Crippen molar-refractivity contribution < 1.29 is 24.9 Å². The summed E-state index contributed by atoms with van der Waals surface area (Å²) >= 11 is 0. The average molecular weight is 229 g/mol. The number of amides is 1. The summed E-state index contributed by atoms with van der Waals surface area (Å²) in [7, 11) is 0. The summed E-state index contributed by atoms with van der Waals surface area (Å²) in [5.41, 5.74) is -1.18. The first-order chi connectivity index (χ1) is 7.46. The Labute approximate surface area is 92.8 Å². The van der Waals surface area contributed by atoms with Crippen LogP contribution in [0.4, 0.5) is 4.79 Å². The molecule has 1 rings (SSSR count). The number of aliphatic hydroxyl groups is 1. The quantitative estimate of drug-likeness (QED) is 0.610. The van der Waals surface area contributed by atoms with Gasteiger partial charge in [-0.3, -0.25) is 4.90 Å². The standard InChI is InChI=1S/C10H15NO5/c1-7-3-5-11(9(15)16)10(7,8(13)14)4-2-6-12/h12H,1-6H2,(H,13,14)(H,15,16). The van der Waals surface area contributed by atoms with Gasteiger partial charge in [0.2, 0.25) is 0 Å². The number of carboxylic acid groups (broad SMARTS) is 2. The van der Waals surface area contributed by atoms with Crippen LogP contribution in [0.15, 0.2) is 12.2 Å². The molecule has 1 atom stereocenters. The van der Waals surface area contributed by atoms with E-state index in [1.54, 1.807) is 0 Å². The number of hydrogen-bond donors (Lipinski definition) is 3. The topological polar surface area (TPSA) is 98.1 Å². The Balaban J connectivity index is 3.07. The molecule has 1 heterocycles. The molecule has 6 nitrogen and oxygen atoms in total. The molecule has 0 bridgehead atoms. The zero-order chi connectivity index (χ0) is 12.3. The molecule has 6 heteroatoms. The lowest BCUT2D eigenvalue weighted by Crippen LogP contribution is -2.53. The van der Waals surface area contributed by atoms with Gasteiger partial charge in [-0.2, -0.15) is 0 Å². The Morgan fingerprint density at radius 1 is 1.44 bits per heavy atom. The van der Waals surface area contributed by atoms with Crippen molar-refractivity contribution in [3.8, 4) is 0 Å². The highest BCUT2D eigenvalue weighted by Gasteiger charge is 2.52. The molecule has 1 aliphatic rings. The normalized spacial score (nSPS) is 24.8. The molecule has 0 radical (unpaired) electrons. The summed E-state index contributed by atoms with van der Waals surface area (Å²) in [5.74, 6) is -1.22. The fraction of sp³-hybridized carbons (Fsp3) is 0.600. The van der Waals surface area contributed by atoms with E-state index in [4.69, 9.17) is 10.2 Å². The van der Waals surface area contributed by atoms with E-state index in [0.29, 0.717) is 12.0 Å². The van der Waals surface area contributed by atoms with Crippen LogP contribution in [-0.2, 0) is 4.79 Å². The molecule has 0 aliphatic carbocycles. The first-order valence-corrected chi connectivity index (χ1v) is 5.00. The molecule has 90 valence electrons. The number of carbonyl (C=O) groups is 2. The van der Waals surface area contributed by atoms with Gasteiger partial charge in [-0.25, -0.2) is 9.59 Å². The van der Waals surface area contributed by atoms with Crippen LogP contribution in [-0.4, -0.2) is 51.0 Å². The van der Waals surface area contributed by atoms with Crippen LogP contribution >= 0.6 is 0 Å². The van der Waals surface area contributed by atoms with E-state index < -0.39 is 17.6 Å². The van der Waals surface area contributed by atoms with Gasteiger partial charge in [-0.05, 0) is 24.8 Å². The maximum absolute atomic E-state index is 11.3. The minimum atomic E-state index is -1.56. The van der Waals surface area contributed by atoms with Gasteiger partial charge in [0.15, 0.2) is 5.54 Å². The Kier molecular flexibility index (Phi) is 3.54. The van der Waals surface area contributed by atoms with Crippen LogP contribution in [0.1, 0.15) is 19.3 Å². The van der Waals surface area contributed by atoms with Crippen LogP contribution in [0.3, 0.4) is 0 Å². The fourth-order valence-corrected chi connectivity index (χ4v) is 2.11. The van der Waals surface area contributed by atoms with E-state index in [2.05, 4.69) is 6.58 Å². The Bertz CT molecular complexity index is 327. The van der Waals surface area contributed by atoms with Crippen molar-refractivity contribution in [1.82, 2.24) is 4.90 Å². The maximum Gasteiger partial charge on any atom is 0.408 e. The largest absolute Gasteiger partial charge is 0.479 e. The molecule has 0 aromatic heterocycles. The van der Waals surface area contributed by atoms with Crippen molar-refractivity contribution in [2.75, 3.05) is 13.2 Å². The second-order valence-electron chi connectivity index (χ2n) is 3.78. The minimum Gasteiger partial charge on any atom is -0.479 e. The van der Waals surface area contributed by atoms with Crippen LogP contribution < -0.4 is 0 Å². The molecule has 1 fully saturated rings. The highest BCUT2D eigenvalue weighted by molar-refractivity contribution is 5.88. The SMILES string of the molecule is C=C1CCN(C(=O)O)C1(CCCO)C(=O)O. The lowest BCUT2D eigenvalue weighted by Gasteiger charge is -2.33. The summed E-state index contributed by atoms with van der Waals surface area (Å²) in [6, 6.07) is 0. The molecular formula is C10H15NO5. The predicted octanol–water partition coefficient (Wildman–Crippen LogP) is 0.522. The highest BCUT2D eigenvalue weighted by atomic mass is 16.4. The number of aliphatic hydroxyl groups excluding tert-OH is 1. The van der Waals surface area contributed by atoms with Gasteiger partial charge >= 0.3 is 12.1 Å². The highest BCUT2D eigenvalue weighted by Crippen LogP contribution is 2.37. The Morgan fingerprint density at radius 2 is 2.06 bits per heavy atom. The van der Waals surface area contributed by atoms with E-state index in [9.17, 15) is 14.7 Å². The molecule has 1 saturated heterocycles. The maximum atomic E-state index is 11.3. The third-order valence-electron chi connectivity index (χ3n) is 2.96. The summed E-state index contributed by atoms with van der Waals surface area (Å²) in [4.78, 5) is 23.2. The Morgan fingerprint density at radius 3 is 2.50 bits per heavy atom. The van der Waals surface area contributed by atoms with Crippen molar-refractivity contribution in [1.29, 1.82) is 0 Å². The first kappa shape index (κ1) is 12.5. The van der Waals surface area contributed by atoms with Crippen molar-refractivity contribution in [2.24, 2.45) is 0 Å². The van der Waals surface area contributed by atoms with Gasteiger partial charge in [-0.15, -0.1) is 0 Å². The molecule has 0 aromatic rings. The van der Waals surface area contributed by atoms with Gasteiger partial charge in [0.25, 0.3) is 0 Å². The van der Waals surface area contributed by atoms with Gasteiger partial charge in [0.1, 0.15) is 0 Å². The Hall–Kier alpha value is -1.56. The van der Waals surface area contributed by atoms with E-state index in [-0.39, 0.29) is 26.0 Å². The molecule has 1 unspecified atom stereocenters. The molecule has 16 heavy (non-hydrogen) atoms. The number of carboxylic acids is 1. The number of nitrogens with zero attached hydrogens (tertiary/aromatic N) is 1. The van der Waals surface area contributed by atoms with Crippen molar-refractivity contribution in [3.05, 3.63) is 12.2 Å². The van der Waals surface area contributed by atoms with Gasteiger partial charge in [-0.1, -0.05) is 6.58 Å². The number of hydrogen-bond acceptors (Lipinski definition) is 3. The summed E-state index contributed by atoms with van der Waals surface area (Å²) in [6.07, 6.45) is -0.623. The van der Waals surface area contributed by atoms with E-state index >= 15 is 0 Å². The van der Waals surface area contributed by atoms with Crippen LogP contribution in [0.5, 0.6) is 0 Å². The second kappa shape index (κ2) is 4.52. The molecular weight excluding hydrogens is 214 g/mol. The van der Waals surface area contributed by atoms with Crippen LogP contribution in [0, 0.1) is 0 Å². The van der Waals surface area contributed by atoms with E-state index in [1.807, 2.05) is 0 Å². The van der Waals surface area contributed by atoms with Crippen molar-refractivity contribution in [2.45, 2.75) is 24.8 Å². The molecule has 1 aliphatic heterocycles.